The number of halogens is 1. The van der Waals surface area contributed by atoms with Crippen LogP contribution in [0.3, 0.4) is 0 Å². The molecule has 0 atom stereocenters. The number of nitrogens with one attached hydrogen (secondary N) is 1. The summed E-state index contributed by atoms with van der Waals surface area (Å²) in [6.07, 6.45) is 0. The van der Waals surface area contributed by atoms with Crippen molar-refractivity contribution in [1.82, 2.24) is 4.98 Å². The fraction of sp³-hybridized carbons (Fsp3) is 0.400. The number of nitrogens with zero attached hydrogens (tertiary/aromatic N) is 1. The fourth-order valence-electron chi connectivity index (χ4n) is 2.60. The predicted octanol–water partition coefficient (Wildman–Crippen LogP) is 4.78. The Bertz CT molecular complexity index is 603. The highest BCUT2D eigenvalue weighted by molar-refractivity contribution is 9.10. The largest absolute Gasteiger partial charge is 0.387 e. The molecule has 0 bridgehead atoms. The molecule has 0 aliphatic heterocycles. The van der Waals surface area contributed by atoms with Gasteiger partial charge in [0.05, 0.1) is 5.52 Å². The van der Waals surface area contributed by atoms with Crippen LogP contribution in [0.1, 0.15) is 36.6 Å². The number of hydrogen-bond donors (Lipinski definition) is 1. The molecule has 0 aliphatic rings. The molecule has 1 N–H and O–H groups in total. The van der Waals surface area contributed by atoms with E-state index in [2.05, 4.69) is 61.1 Å². The second-order valence-electron chi connectivity index (χ2n) is 5.01. The van der Waals surface area contributed by atoms with E-state index in [9.17, 15) is 0 Å². The third-order valence-corrected chi connectivity index (χ3v) is 3.76. The first-order chi connectivity index (χ1) is 8.45. The lowest BCUT2D eigenvalue weighted by Gasteiger charge is -2.18. The molecule has 3 heteroatoms. The highest BCUT2D eigenvalue weighted by Gasteiger charge is 2.15. The standard InChI is InChI=1S/C15H19BrN2/c1-8(2)13-10(4)18-14-9(3)6-11(16)7-12(14)15(13)17-5/h6-8H,1-5H3,(H,17,18). The second-order valence-corrected chi connectivity index (χ2v) is 5.93. The first kappa shape index (κ1) is 13.3. The maximum atomic E-state index is 4.79. The van der Waals surface area contributed by atoms with E-state index in [1.807, 2.05) is 7.05 Å². The number of aromatic nitrogens is 1. The van der Waals surface area contributed by atoms with Gasteiger partial charge in [-0.25, -0.2) is 0 Å². The van der Waals surface area contributed by atoms with Crippen molar-refractivity contribution in [3.63, 3.8) is 0 Å². The molecule has 0 saturated carbocycles. The van der Waals surface area contributed by atoms with E-state index in [1.54, 1.807) is 0 Å². The lowest BCUT2D eigenvalue weighted by atomic mass is 9.96. The average Bonchev–Trinajstić information content (AvgIpc) is 2.28. The van der Waals surface area contributed by atoms with Gasteiger partial charge in [0, 0.05) is 28.3 Å². The summed E-state index contributed by atoms with van der Waals surface area (Å²) in [7, 11) is 1.98. The van der Waals surface area contributed by atoms with Crippen molar-refractivity contribution in [1.29, 1.82) is 0 Å². The van der Waals surface area contributed by atoms with Crippen LogP contribution in [0.4, 0.5) is 5.69 Å². The molecule has 1 aromatic heterocycles. The lowest BCUT2D eigenvalue weighted by Crippen LogP contribution is -2.04. The molecule has 0 spiro atoms. The Morgan fingerprint density at radius 3 is 2.44 bits per heavy atom. The highest BCUT2D eigenvalue weighted by atomic mass is 79.9. The van der Waals surface area contributed by atoms with Crippen LogP contribution in [-0.4, -0.2) is 12.0 Å². The van der Waals surface area contributed by atoms with E-state index in [0.717, 1.165) is 15.7 Å². The van der Waals surface area contributed by atoms with E-state index in [4.69, 9.17) is 4.98 Å². The Balaban J connectivity index is 2.94. The minimum Gasteiger partial charge on any atom is -0.387 e. The van der Waals surface area contributed by atoms with Crippen LogP contribution < -0.4 is 5.32 Å². The van der Waals surface area contributed by atoms with Crippen molar-refractivity contribution in [2.24, 2.45) is 0 Å². The van der Waals surface area contributed by atoms with Gasteiger partial charge in [0.15, 0.2) is 0 Å². The first-order valence-corrected chi connectivity index (χ1v) is 7.03. The van der Waals surface area contributed by atoms with Crippen molar-refractivity contribution < 1.29 is 0 Å². The van der Waals surface area contributed by atoms with Crippen molar-refractivity contribution in [3.8, 4) is 0 Å². The average molecular weight is 307 g/mol. The molecule has 0 unspecified atom stereocenters. The molecule has 2 aromatic rings. The Labute approximate surface area is 117 Å². The third-order valence-electron chi connectivity index (χ3n) is 3.30. The normalized spacial score (nSPS) is 11.3. The minimum atomic E-state index is 0.462. The van der Waals surface area contributed by atoms with Crippen LogP contribution in [-0.2, 0) is 0 Å². The zero-order valence-electron chi connectivity index (χ0n) is 11.6. The van der Waals surface area contributed by atoms with Crippen molar-refractivity contribution in [2.45, 2.75) is 33.6 Å². The number of aryl methyl sites for hydroxylation is 2. The molecular formula is C15H19BrN2. The van der Waals surface area contributed by atoms with E-state index >= 15 is 0 Å². The minimum absolute atomic E-state index is 0.462. The summed E-state index contributed by atoms with van der Waals surface area (Å²) < 4.78 is 1.10. The highest BCUT2D eigenvalue weighted by Crippen LogP contribution is 2.35. The molecule has 2 rings (SSSR count). The van der Waals surface area contributed by atoms with Crippen LogP contribution in [0, 0.1) is 13.8 Å². The molecule has 2 nitrogen and oxygen atoms in total. The summed E-state index contributed by atoms with van der Waals surface area (Å²) in [5.74, 6) is 0.462. The molecule has 0 amide bonds. The van der Waals surface area contributed by atoms with Crippen LogP contribution in [0.15, 0.2) is 16.6 Å². The van der Waals surface area contributed by atoms with Gasteiger partial charge >= 0.3 is 0 Å². The van der Waals surface area contributed by atoms with Gasteiger partial charge in [-0.1, -0.05) is 29.8 Å². The maximum absolute atomic E-state index is 4.79. The van der Waals surface area contributed by atoms with E-state index in [-0.39, 0.29) is 0 Å². The Kier molecular flexibility index (Phi) is 3.62. The van der Waals surface area contributed by atoms with Gasteiger partial charge in [-0.15, -0.1) is 0 Å². The van der Waals surface area contributed by atoms with Gasteiger partial charge in [0.25, 0.3) is 0 Å². The van der Waals surface area contributed by atoms with Crippen molar-refractivity contribution in [3.05, 3.63) is 33.4 Å². The Morgan fingerprint density at radius 2 is 1.89 bits per heavy atom. The van der Waals surface area contributed by atoms with Gasteiger partial charge < -0.3 is 5.32 Å². The van der Waals surface area contributed by atoms with E-state index < -0.39 is 0 Å². The molecule has 1 heterocycles. The predicted molar refractivity (Wildman–Crippen MR) is 82.6 cm³/mol. The van der Waals surface area contributed by atoms with Crippen LogP contribution in [0.25, 0.3) is 10.9 Å². The molecule has 18 heavy (non-hydrogen) atoms. The Hall–Kier alpha value is -1.09. The summed E-state index contributed by atoms with van der Waals surface area (Å²) >= 11 is 3.57. The number of benzene rings is 1. The van der Waals surface area contributed by atoms with Crippen molar-refractivity contribution >= 4 is 32.5 Å². The SMILES string of the molecule is CNc1c(C(C)C)c(C)nc2c(C)cc(Br)cc12. The Morgan fingerprint density at radius 1 is 1.22 bits per heavy atom. The monoisotopic (exact) mass is 306 g/mol. The number of rotatable bonds is 2. The molecule has 0 saturated heterocycles. The van der Waals surface area contributed by atoms with Gasteiger partial charge in [-0.2, -0.15) is 0 Å². The topological polar surface area (TPSA) is 24.9 Å². The quantitative estimate of drug-likeness (QED) is 0.863. The molecule has 0 radical (unpaired) electrons. The second kappa shape index (κ2) is 4.88. The first-order valence-electron chi connectivity index (χ1n) is 6.23. The summed E-state index contributed by atoms with van der Waals surface area (Å²) in [6, 6.07) is 4.26. The van der Waals surface area contributed by atoms with Gasteiger partial charge in [0.2, 0.25) is 0 Å². The summed E-state index contributed by atoms with van der Waals surface area (Å²) in [6.45, 7) is 8.62. The molecule has 0 fully saturated rings. The van der Waals surface area contributed by atoms with E-state index in [0.29, 0.717) is 5.92 Å². The third kappa shape index (κ3) is 2.12. The summed E-state index contributed by atoms with van der Waals surface area (Å²) in [5, 5.41) is 4.55. The summed E-state index contributed by atoms with van der Waals surface area (Å²) in [5.41, 5.74) is 5.92. The summed E-state index contributed by atoms with van der Waals surface area (Å²) in [4.78, 5) is 4.79. The van der Waals surface area contributed by atoms with Gasteiger partial charge in [-0.05, 0) is 43.0 Å². The van der Waals surface area contributed by atoms with Gasteiger partial charge in [0.1, 0.15) is 0 Å². The molecule has 0 aliphatic carbocycles. The van der Waals surface area contributed by atoms with Crippen LogP contribution in [0.2, 0.25) is 0 Å². The smallest absolute Gasteiger partial charge is 0.0756 e. The van der Waals surface area contributed by atoms with E-state index in [1.165, 1.54) is 22.2 Å². The zero-order chi connectivity index (χ0) is 13.4. The molecule has 1 aromatic carbocycles. The van der Waals surface area contributed by atoms with Crippen LogP contribution in [0.5, 0.6) is 0 Å². The number of hydrogen-bond acceptors (Lipinski definition) is 2. The molecule has 96 valence electrons. The maximum Gasteiger partial charge on any atom is 0.0756 e. The zero-order valence-corrected chi connectivity index (χ0v) is 13.1. The fourth-order valence-corrected chi connectivity index (χ4v) is 3.18. The molecular weight excluding hydrogens is 288 g/mol. The number of pyridine rings is 1. The lowest BCUT2D eigenvalue weighted by molar-refractivity contribution is 0.849. The number of anilines is 1. The van der Waals surface area contributed by atoms with Gasteiger partial charge in [-0.3, -0.25) is 4.98 Å². The van der Waals surface area contributed by atoms with Crippen LogP contribution >= 0.6 is 15.9 Å². The number of fused-ring (bicyclic) bond motifs is 1. The van der Waals surface area contributed by atoms with Crippen molar-refractivity contribution in [2.75, 3.05) is 12.4 Å².